The number of hydrogen-bond donors (Lipinski definition) is 0. The van der Waals surface area contributed by atoms with Gasteiger partial charge < -0.3 is 0 Å². The largest absolute Gasteiger partial charge is 0.389 e. The summed E-state index contributed by atoms with van der Waals surface area (Å²) in [4.78, 5) is 0. The molecule has 59 valence electrons. The van der Waals surface area contributed by atoms with Crippen molar-refractivity contribution in [1.82, 2.24) is 0 Å². The zero-order valence-electron chi connectivity index (χ0n) is 5.62. The Kier molecular flexibility index (Phi) is 2.21. The van der Waals surface area contributed by atoms with Gasteiger partial charge in [0, 0.05) is 6.42 Å². The summed E-state index contributed by atoms with van der Waals surface area (Å²) in [5, 5.41) is 0. The molecule has 0 aromatic rings. The van der Waals surface area contributed by atoms with Crippen LogP contribution in [0.25, 0.3) is 0 Å². The van der Waals surface area contributed by atoms with E-state index in [9.17, 15) is 13.2 Å². The molecule has 0 spiro atoms. The van der Waals surface area contributed by atoms with E-state index in [1.807, 2.05) is 0 Å². The van der Waals surface area contributed by atoms with Gasteiger partial charge in [-0.15, -0.1) is 0 Å². The second-order valence-corrected chi connectivity index (χ2v) is 2.75. The van der Waals surface area contributed by atoms with Crippen LogP contribution in [0.4, 0.5) is 13.2 Å². The first-order valence-corrected chi connectivity index (χ1v) is 3.48. The molecule has 1 saturated carbocycles. The second kappa shape index (κ2) is 2.81. The zero-order valence-corrected chi connectivity index (χ0v) is 5.62. The van der Waals surface area contributed by atoms with Crippen molar-refractivity contribution >= 4 is 0 Å². The van der Waals surface area contributed by atoms with Gasteiger partial charge in [0.25, 0.3) is 0 Å². The highest BCUT2D eigenvalue weighted by atomic mass is 19.4. The maximum Gasteiger partial charge on any atom is 0.389 e. The predicted molar refractivity (Wildman–Crippen MR) is 32.3 cm³/mol. The SMILES string of the molecule is FC(F)(F)CC1[CH]CCC1. The smallest absolute Gasteiger partial charge is 0.171 e. The van der Waals surface area contributed by atoms with Gasteiger partial charge in [-0.25, -0.2) is 0 Å². The van der Waals surface area contributed by atoms with Crippen molar-refractivity contribution in [1.29, 1.82) is 0 Å². The van der Waals surface area contributed by atoms with Crippen LogP contribution in [0.3, 0.4) is 0 Å². The fourth-order valence-corrected chi connectivity index (χ4v) is 1.33. The molecule has 0 heterocycles. The summed E-state index contributed by atoms with van der Waals surface area (Å²) >= 11 is 0. The zero-order chi connectivity index (χ0) is 7.61. The van der Waals surface area contributed by atoms with Crippen LogP contribution in [-0.4, -0.2) is 6.18 Å². The van der Waals surface area contributed by atoms with Crippen molar-refractivity contribution in [3.63, 3.8) is 0 Å². The lowest BCUT2D eigenvalue weighted by Crippen LogP contribution is -2.12. The molecule has 0 aliphatic heterocycles. The van der Waals surface area contributed by atoms with Gasteiger partial charge in [0.2, 0.25) is 0 Å². The molecule has 10 heavy (non-hydrogen) atoms. The lowest BCUT2D eigenvalue weighted by molar-refractivity contribution is -0.141. The fourth-order valence-electron chi connectivity index (χ4n) is 1.33. The van der Waals surface area contributed by atoms with Gasteiger partial charge in [-0.1, -0.05) is 6.42 Å². The van der Waals surface area contributed by atoms with Gasteiger partial charge in [0.1, 0.15) is 0 Å². The quantitative estimate of drug-likeness (QED) is 0.540. The Morgan fingerprint density at radius 1 is 1.40 bits per heavy atom. The number of rotatable bonds is 1. The molecule has 1 atom stereocenters. The molecule has 0 aromatic heterocycles. The Morgan fingerprint density at radius 2 is 2.10 bits per heavy atom. The van der Waals surface area contributed by atoms with Crippen molar-refractivity contribution in [3.8, 4) is 0 Å². The van der Waals surface area contributed by atoms with Crippen LogP contribution < -0.4 is 0 Å². The van der Waals surface area contributed by atoms with Gasteiger partial charge in [0.15, 0.2) is 0 Å². The van der Waals surface area contributed by atoms with Crippen LogP contribution in [0.5, 0.6) is 0 Å². The van der Waals surface area contributed by atoms with Crippen LogP contribution in [0.15, 0.2) is 0 Å². The molecular weight excluding hydrogens is 141 g/mol. The van der Waals surface area contributed by atoms with Gasteiger partial charge in [-0.2, -0.15) is 13.2 Å². The number of alkyl halides is 3. The van der Waals surface area contributed by atoms with E-state index < -0.39 is 12.6 Å². The monoisotopic (exact) mass is 151 g/mol. The highest BCUT2D eigenvalue weighted by Crippen LogP contribution is 2.34. The first-order valence-electron chi connectivity index (χ1n) is 3.48. The summed E-state index contributed by atoms with van der Waals surface area (Å²) < 4.78 is 35.1. The third-order valence-corrected chi connectivity index (χ3v) is 1.77. The maximum absolute atomic E-state index is 11.7. The van der Waals surface area contributed by atoms with Crippen LogP contribution in [0.1, 0.15) is 25.7 Å². The van der Waals surface area contributed by atoms with Crippen molar-refractivity contribution in [2.75, 3.05) is 0 Å². The molecule has 1 aliphatic carbocycles. The van der Waals surface area contributed by atoms with Crippen molar-refractivity contribution < 1.29 is 13.2 Å². The minimum Gasteiger partial charge on any atom is -0.171 e. The van der Waals surface area contributed by atoms with Crippen molar-refractivity contribution in [3.05, 3.63) is 6.42 Å². The van der Waals surface area contributed by atoms with Crippen LogP contribution in [0.2, 0.25) is 0 Å². The molecule has 3 heteroatoms. The van der Waals surface area contributed by atoms with Crippen LogP contribution in [-0.2, 0) is 0 Å². The first-order chi connectivity index (χ1) is 4.58. The highest BCUT2D eigenvalue weighted by molar-refractivity contribution is 4.84. The molecule has 0 nitrogen and oxygen atoms in total. The predicted octanol–water partition coefficient (Wildman–Crippen LogP) is 2.94. The summed E-state index contributed by atoms with van der Waals surface area (Å²) in [7, 11) is 0. The molecule has 1 unspecified atom stereocenters. The highest BCUT2D eigenvalue weighted by Gasteiger charge is 2.32. The standard InChI is InChI=1S/C7H10F3/c8-7(9,10)5-6-3-1-2-4-6/h3,6H,1-2,4-5H2. The van der Waals surface area contributed by atoms with E-state index in [1.165, 1.54) is 0 Å². The molecule has 1 radical (unpaired) electrons. The number of hydrogen-bond acceptors (Lipinski definition) is 0. The molecule has 0 amide bonds. The second-order valence-electron chi connectivity index (χ2n) is 2.75. The van der Waals surface area contributed by atoms with E-state index in [0.29, 0.717) is 0 Å². The molecule has 1 aliphatic rings. The lowest BCUT2D eigenvalue weighted by Gasteiger charge is -2.10. The van der Waals surface area contributed by atoms with E-state index in [-0.39, 0.29) is 5.92 Å². The first kappa shape index (κ1) is 7.89. The Morgan fingerprint density at radius 3 is 2.50 bits per heavy atom. The summed E-state index contributed by atoms with van der Waals surface area (Å²) in [6, 6.07) is 0. The maximum atomic E-state index is 11.7. The average molecular weight is 151 g/mol. The van der Waals surface area contributed by atoms with Gasteiger partial charge >= 0.3 is 6.18 Å². The van der Waals surface area contributed by atoms with E-state index in [1.54, 1.807) is 6.42 Å². The molecule has 0 bridgehead atoms. The number of halogens is 3. The Hall–Kier alpha value is -0.210. The molecule has 1 fully saturated rings. The molecule has 0 aromatic carbocycles. The van der Waals surface area contributed by atoms with E-state index in [2.05, 4.69) is 0 Å². The fraction of sp³-hybridized carbons (Fsp3) is 0.857. The van der Waals surface area contributed by atoms with Crippen LogP contribution in [0, 0.1) is 12.3 Å². The third-order valence-electron chi connectivity index (χ3n) is 1.77. The van der Waals surface area contributed by atoms with Gasteiger partial charge in [0.05, 0.1) is 0 Å². The summed E-state index contributed by atoms with van der Waals surface area (Å²) in [5.74, 6) is -0.194. The summed E-state index contributed by atoms with van der Waals surface area (Å²) in [6.45, 7) is 0. The molecular formula is C7H10F3. The summed E-state index contributed by atoms with van der Waals surface area (Å²) in [6.07, 6.45) is -0.285. The Bertz CT molecular complexity index is 99.9. The minimum absolute atomic E-state index is 0.194. The van der Waals surface area contributed by atoms with E-state index in [4.69, 9.17) is 0 Å². The lowest BCUT2D eigenvalue weighted by atomic mass is 10.0. The van der Waals surface area contributed by atoms with Gasteiger partial charge in [-0.05, 0) is 25.2 Å². The average Bonchev–Trinajstić information content (AvgIpc) is 2.12. The minimum atomic E-state index is -3.97. The third kappa shape index (κ3) is 2.58. The molecule has 0 saturated heterocycles. The normalized spacial score (nSPS) is 21.9. The topological polar surface area (TPSA) is 0 Å². The van der Waals surface area contributed by atoms with E-state index in [0.717, 1.165) is 19.3 Å². The van der Waals surface area contributed by atoms with Crippen molar-refractivity contribution in [2.45, 2.75) is 31.9 Å². The van der Waals surface area contributed by atoms with Crippen LogP contribution >= 0.6 is 0 Å². The van der Waals surface area contributed by atoms with E-state index >= 15 is 0 Å². The Labute approximate surface area is 58.4 Å². The van der Waals surface area contributed by atoms with Gasteiger partial charge in [-0.3, -0.25) is 0 Å². The van der Waals surface area contributed by atoms with Crippen molar-refractivity contribution in [2.24, 2.45) is 5.92 Å². The Balaban J connectivity index is 2.24. The summed E-state index contributed by atoms with van der Waals surface area (Å²) in [5.41, 5.74) is 0. The molecule has 0 N–H and O–H groups in total. The molecule has 1 rings (SSSR count).